The number of carboxylic acid groups (broad SMARTS) is 1. The van der Waals surface area contributed by atoms with Crippen molar-refractivity contribution in [2.45, 2.75) is 52.0 Å². The van der Waals surface area contributed by atoms with Crippen LogP contribution in [0, 0.1) is 13.8 Å². The Morgan fingerprint density at radius 3 is 2.70 bits per heavy atom. The summed E-state index contributed by atoms with van der Waals surface area (Å²) < 4.78 is 2.24. The van der Waals surface area contributed by atoms with E-state index in [0.717, 1.165) is 23.4 Å². The molecule has 0 atom stereocenters. The third-order valence-corrected chi connectivity index (χ3v) is 4.11. The summed E-state index contributed by atoms with van der Waals surface area (Å²) in [5.74, 6) is 0.998. The van der Waals surface area contributed by atoms with Crippen molar-refractivity contribution in [1.82, 2.24) is 9.55 Å². The first-order chi connectivity index (χ1) is 9.56. The van der Waals surface area contributed by atoms with Gasteiger partial charge in [0.15, 0.2) is 0 Å². The number of carboxylic acids is 1. The van der Waals surface area contributed by atoms with E-state index in [1.54, 1.807) is 0 Å². The maximum atomic E-state index is 10.7. The molecule has 0 saturated heterocycles. The molecule has 4 nitrogen and oxygen atoms in total. The molecule has 3 rings (SSSR count). The molecule has 1 aliphatic rings. The number of aryl methyl sites for hydroxylation is 3. The molecular formula is C16H20N2O2. The highest BCUT2D eigenvalue weighted by molar-refractivity contribution is 5.78. The van der Waals surface area contributed by atoms with Gasteiger partial charge in [0.25, 0.3) is 0 Å². The number of fused-ring (bicyclic) bond motifs is 1. The molecule has 0 bridgehead atoms. The van der Waals surface area contributed by atoms with Gasteiger partial charge < -0.3 is 9.67 Å². The van der Waals surface area contributed by atoms with E-state index in [9.17, 15) is 4.79 Å². The first-order valence-corrected chi connectivity index (χ1v) is 7.25. The van der Waals surface area contributed by atoms with E-state index in [2.05, 4.69) is 30.5 Å². The fraction of sp³-hybridized carbons (Fsp3) is 0.500. The van der Waals surface area contributed by atoms with E-state index in [1.807, 2.05) is 0 Å². The molecule has 0 aliphatic heterocycles. The average molecular weight is 272 g/mol. The summed E-state index contributed by atoms with van der Waals surface area (Å²) >= 11 is 0. The lowest BCUT2D eigenvalue weighted by molar-refractivity contribution is -0.137. The second kappa shape index (κ2) is 4.93. The third-order valence-electron chi connectivity index (χ3n) is 4.11. The number of imidazole rings is 1. The van der Waals surface area contributed by atoms with Crippen LogP contribution in [0.25, 0.3) is 11.0 Å². The molecule has 1 N–H and O–H groups in total. The van der Waals surface area contributed by atoms with Crippen LogP contribution in [0.15, 0.2) is 12.1 Å². The molecule has 20 heavy (non-hydrogen) atoms. The molecule has 106 valence electrons. The first kappa shape index (κ1) is 13.2. The Morgan fingerprint density at radius 1 is 1.35 bits per heavy atom. The highest BCUT2D eigenvalue weighted by atomic mass is 16.4. The summed E-state index contributed by atoms with van der Waals surface area (Å²) in [6.45, 7) is 4.96. The maximum absolute atomic E-state index is 10.7. The average Bonchev–Trinajstić information content (AvgIpc) is 3.16. The minimum absolute atomic E-state index is 0.217. The molecule has 0 radical (unpaired) electrons. The number of aromatic nitrogens is 2. The van der Waals surface area contributed by atoms with E-state index in [4.69, 9.17) is 10.1 Å². The Bertz CT molecular complexity index is 669. The summed E-state index contributed by atoms with van der Waals surface area (Å²) in [6.07, 6.45) is 3.29. The second-order valence-electron chi connectivity index (χ2n) is 5.82. The van der Waals surface area contributed by atoms with Gasteiger partial charge in [0.05, 0.1) is 11.0 Å². The quantitative estimate of drug-likeness (QED) is 0.907. The molecular weight excluding hydrogens is 252 g/mol. The van der Waals surface area contributed by atoms with Crippen LogP contribution in [-0.2, 0) is 11.3 Å². The molecule has 4 heteroatoms. The van der Waals surface area contributed by atoms with Gasteiger partial charge in [-0.2, -0.15) is 0 Å². The van der Waals surface area contributed by atoms with Crippen molar-refractivity contribution < 1.29 is 9.90 Å². The normalized spacial score (nSPS) is 14.9. The van der Waals surface area contributed by atoms with E-state index in [-0.39, 0.29) is 6.42 Å². The standard InChI is InChI=1S/C16H20N2O2/c1-10-8-13-14(9-11(10)2)18(7-3-4-15(19)20)16(17-13)12-5-6-12/h8-9,12H,3-7H2,1-2H3,(H,19,20). The van der Waals surface area contributed by atoms with E-state index in [1.165, 1.54) is 24.0 Å². The molecule has 0 spiro atoms. The monoisotopic (exact) mass is 272 g/mol. The number of hydrogen-bond donors (Lipinski definition) is 1. The van der Waals surface area contributed by atoms with Crippen molar-refractivity contribution in [1.29, 1.82) is 0 Å². The molecule has 0 amide bonds. The van der Waals surface area contributed by atoms with Crippen molar-refractivity contribution in [3.63, 3.8) is 0 Å². The van der Waals surface area contributed by atoms with Gasteiger partial charge in [-0.25, -0.2) is 4.98 Å². The minimum atomic E-state index is -0.727. The van der Waals surface area contributed by atoms with Gasteiger partial charge in [-0.3, -0.25) is 4.79 Å². The highest BCUT2D eigenvalue weighted by Crippen LogP contribution is 2.41. The Labute approximate surface area is 118 Å². The van der Waals surface area contributed by atoms with Crippen LogP contribution >= 0.6 is 0 Å². The van der Waals surface area contributed by atoms with Gasteiger partial charge >= 0.3 is 5.97 Å². The van der Waals surface area contributed by atoms with Gasteiger partial charge in [0.2, 0.25) is 0 Å². The second-order valence-corrected chi connectivity index (χ2v) is 5.82. The largest absolute Gasteiger partial charge is 0.481 e. The van der Waals surface area contributed by atoms with Gasteiger partial charge in [-0.1, -0.05) is 0 Å². The Balaban J connectivity index is 1.99. The summed E-state index contributed by atoms with van der Waals surface area (Å²) in [5, 5.41) is 8.80. The summed E-state index contributed by atoms with van der Waals surface area (Å²) in [6, 6.07) is 4.33. The van der Waals surface area contributed by atoms with Crippen LogP contribution in [0.1, 0.15) is 48.6 Å². The Morgan fingerprint density at radius 2 is 2.05 bits per heavy atom. The zero-order chi connectivity index (χ0) is 14.3. The lowest BCUT2D eigenvalue weighted by atomic mass is 10.1. The fourth-order valence-corrected chi connectivity index (χ4v) is 2.68. The number of rotatable bonds is 5. The van der Waals surface area contributed by atoms with Crippen LogP contribution in [0.4, 0.5) is 0 Å². The van der Waals surface area contributed by atoms with Crippen LogP contribution < -0.4 is 0 Å². The van der Waals surface area contributed by atoms with Crippen molar-refractivity contribution in [2.24, 2.45) is 0 Å². The van der Waals surface area contributed by atoms with E-state index < -0.39 is 5.97 Å². The summed E-state index contributed by atoms with van der Waals surface area (Å²) in [7, 11) is 0. The highest BCUT2D eigenvalue weighted by Gasteiger charge is 2.29. The van der Waals surface area contributed by atoms with Crippen LogP contribution in [0.2, 0.25) is 0 Å². The predicted molar refractivity (Wildman–Crippen MR) is 78.1 cm³/mol. The fourth-order valence-electron chi connectivity index (χ4n) is 2.68. The van der Waals surface area contributed by atoms with Crippen molar-refractivity contribution in [3.8, 4) is 0 Å². The minimum Gasteiger partial charge on any atom is -0.481 e. The zero-order valence-electron chi connectivity index (χ0n) is 12.0. The van der Waals surface area contributed by atoms with E-state index >= 15 is 0 Å². The first-order valence-electron chi connectivity index (χ1n) is 7.25. The number of aliphatic carboxylic acids is 1. The number of hydrogen-bond acceptors (Lipinski definition) is 2. The molecule has 1 heterocycles. The van der Waals surface area contributed by atoms with Crippen LogP contribution in [0.3, 0.4) is 0 Å². The van der Waals surface area contributed by atoms with Crippen LogP contribution in [0.5, 0.6) is 0 Å². The van der Waals surface area contributed by atoms with Gasteiger partial charge in [-0.05, 0) is 56.4 Å². The Kier molecular flexibility index (Phi) is 3.24. The Hall–Kier alpha value is -1.84. The molecule has 2 aromatic rings. The number of carbonyl (C=O) groups is 1. The lowest BCUT2D eigenvalue weighted by Crippen LogP contribution is -2.05. The summed E-state index contributed by atoms with van der Waals surface area (Å²) in [5.41, 5.74) is 4.72. The zero-order valence-corrected chi connectivity index (χ0v) is 12.0. The molecule has 1 aromatic heterocycles. The van der Waals surface area contributed by atoms with Crippen LogP contribution in [-0.4, -0.2) is 20.6 Å². The molecule has 1 saturated carbocycles. The third kappa shape index (κ3) is 2.42. The van der Waals surface area contributed by atoms with Crippen molar-refractivity contribution in [2.75, 3.05) is 0 Å². The molecule has 1 aliphatic carbocycles. The van der Waals surface area contributed by atoms with Gasteiger partial charge in [0, 0.05) is 18.9 Å². The molecule has 1 fully saturated rings. The number of nitrogens with zero attached hydrogens (tertiary/aromatic N) is 2. The molecule has 1 aromatic carbocycles. The SMILES string of the molecule is Cc1cc2nc(C3CC3)n(CCCC(=O)O)c2cc1C. The van der Waals surface area contributed by atoms with Gasteiger partial charge in [0.1, 0.15) is 5.82 Å². The van der Waals surface area contributed by atoms with Crippen molar-refractivity contribution >= 4 is 17.0 Å². The summed E-state index contributed by atoms with van der Waals surface area (Å²) in [4.78, 5) is 15.5. The maximum Gasteiger partial charge on any atom is 0.303 e. The smallest absolute Gasteiger partial charge is 0.303 e. The lowest BCUT2D eigenvalue weighted by Gasteiger charge is -2.08. The van der Waals surface area contributed by atoms with Crippen molar-refractivity contribution in [3.05, 3.63) is 29.1 Å². The topological polar surface area (TPSA) is 55.1 Å². The number of benzene rings is 1. The van der Waals surface area contributed by atoms with E-state index in [0.29, 0.717) is 12.3 Å². The predicted octanol–water partition coefficient (Wildman–Crippen LogP) is 3.40. The van der Waals surface area contributed by atoms with Gasteiger partial charge in [-0.15, -0.1) is 0 Å². The molecule has 0 unspecified atom stereocenters.